The fourth-order valence-corrected chi connectivity index (χ4v) is 11.2. The number of carbonyl (C=O) groups excluding carboxylic acids is 1. The van der Waals surface area contributed by atoms with Gasteiger partial charge in [0.05, 0.1) is 32.0 Å². The van der Waals surface area contributed by atoms with Crippen molar-refractivity contribution in [2.45, 2.75) is 357 Å². The molecule has 490 valence electrons. The molecule has 84 heavy (non-hydrogen) atoms. The van der Waals surface area contributed by atoms with E-state index in [4.69, 9.17) is 18.9 Å². The number of nitrogens with one attached hydrogen (secondary N) is 1. The Bertz CT molecular complexity index is 1640. The predicted molar refractivity (Wildman–Crippen MR) is 341 cm³/mol. The maximum Gasteiger partial charge on any atom is 0.220 e. The topological polar surface area (TPSA) is 228 Å². The van der Waals surface area contributed by atoms with Gasteiger partial charge in [-0.15, -0.1) is 0 Å². The van der Waals surface area contributed by atoms with E-state index in [1.165, 1.54) is 186 Å². The lowest BCUT2D eigenvalue weighted by molar-refractivity contribution is -0.359. The molecule has 2 fully saturated rings. The van der Waals surface area contributed by atoms with Crippen LogP contribution in [0.2, 0.25) is 0 Å². The molecular formula is C70H127NO13. The van der Waals surface area contributed by atoms with Crippen LogP contribution in [0, 0.1) is 0 Å². The quantitative estimate of drug-likeness (QED) is 0.0204. The highest BCUT2D eigenvalue weighted by atomic mass is 16.7. The second-order valence-electron chi connectivity index (χ2n) is 24.3. The molecule has 2 heterocycles. The van der Waals surface area contributed by atoms with Gasteiger partial charge in [-0.1, -0.05) is 280 Å². The highest BCUT2D eigenvalue weighted by Crippen LogP contribution is 2.30. The first-order valence-electron chi connectivity index (χ1n) is 34.5. The second-order valence-corrected chi connectivity index (χ2v) is 24.3. The molecule has 0 aliphatic carbocycles. The number of allylic oxidation sites excluding steroid dienone is 9. The Kier molecular flexibility index (Phi) is 50.8. The first kappa shape index (κ1) is 77.8. The summed E-state index contributed by atoms with van der Waals surface area (Å²) in [6.45, 7) is 2.72. The van der Waals surface area contributed by atoms with E-state index in [0.29, 0.717) is 6.42 Å². The minimum atomic E-state index is -1.79. The Hall–Kier alpha value is -2.31. The van der Waals surface area contributed by atoms with Gasteiger partial charge in [-0.25, -0.2) is 0 Å². The Morgan fingerprint density at radius 2 is 0.821 bits per heavy atom. The standard InChI is InChI=1S/C70H127NO13/c1-3-5-7-9-11-13-15-17-19-21-23-25-27-28-29-30-32-33-35-37-39-41-43-45-47-49-51-53-59(74)58(57-81-69-67(80)65(78)68(61(56-73)83-69)84-70-66(79)64(77)63(76)60(55-72)82-70)71-62(75)54-52-50-48-46-44-42-40-38-36-34-31-26-24-22-20-18-16-14-12-10-8-6-4-2/h6,8,12,14,18,20,24,26,51,53,58-61,63-70,72-74,76-80H,3-5,7,9-11,13,15-17,19,21-23,25,27-50,52,54-57H2,1-2H3,(H,71,75)/b8-6-,14-12-,20-18-,26-24-,53-51+. The third-order valence-electron chi connectivity index (χ3n) is 16.7. The van der Waals surface area contributed by atoms with Crippen LogP contribution in [0.5, 0.6) is 0 Å². The average molecular weight is 1190 g/mol. The molecule has 0 bridgehead atoms. The summed E-state index contributed by atoms with van der Waals surface area (Å²) in [5.41, 5.74) is 0. The summed E-state index contributed by atoms with van der Waals surface area (Å²) in [5, 5.41) is 87.4. The van der Waals surface area contributed by atoms with Crippen LogP contribution in [0.25, 0.3) is 0 Å². The average Bonchev–Trinajstić information content (AvgIpc) is 3.18. The summed E-state index contributed by atoms with van der Waals surface area (Å²) in [4.78, 5) is 13.3. The highest BCUT2D eigenvalue weighted by Gasteiger charge is 2.51. The van der Waals surface area contributed by atoms with Gasteiger partial charge in [-0.3, -0.25) is 4.79 Å². The zero-order valence-corrected chi connectivity index (χ0v) is 53.1. The Morgan fingerprint density at radius 1 is 0.440 bits per heavy atom. The number of carbonyl (C=O) groups is 1. The third kappa shape index (κ3) is 38.9. The van der Waals surface area contributed by atoms with E-state index in [0.717, 1.165) is 70.6 Å². The molecule has 0 aromatic heterocycles. The van der Waals surface area contributed by atoms with Gasteiger partial charge in [0.25, 0.3) is 0 Å². The molecule has 1 amide bonds. The summed E-state index contributed by atoms with van der Waals surface area (Å²) >= 11 is 0. The number of aliphatic hydroxyl groups is 8. The lowest BCUT2D eigenvalue weighted by Gasteiger charge is -2.46. The first-order chi connectivity index (χ1) is 41.1. The number of amides is 1. The van der Waals surface area contributed by atoms with Crippen molar-refractivity contribution >= 4 is 5.91 Å². The maximum atomic E-state index is 13.3. The van der Waals surface area contributed by atoms with E-state index >= 15 is 0 Å². The molecule has 2 aliphatic rings. The fourth-order valence-electron chi connectivity index (χ4n) is 11.2. The van der Waals surface area contributed by atoms with Crippen LogP contribution < -0.4 is 5.32 Å². The van der Waals surface area contributed by atoms with Crippen LogP contribution in [0.1, 0.15) is 284 Å². The normalized spacial score (nSPS) is 24.0. The molecular weight excluding hydrogens is 1060 g/mol. The van der Waals surface area contributed by atoms with Crippen molar-refractivity contribution in [1.29, 1.82) is 0 Å². The fraction of sp³-hybridized carbons (Fsp3) is 0.843. The van der Waals surface area contributed by atoms with Crippen LogP contribution in [0.3, 0.4) is 0 Å². The van der Waals surface area contributed by atoms with E-state index in [-0.39, 0.29) is 18.9 Å². The van der Waals surface area contributed by atoms with Crippen molar-refractivity contribution in [2.24, 2.45) is 0 Å². The van der Waals surface area contributed by atoms with Crippen molar-refractivity contribution in [3.63, 3.8) is 0 Å². The lowest BCUT2D eigenvalue weighted by Crippen LogP contribution is -2.65. The van der Waals surface area contributed by atoms with Crippen molar-refractivity contribution in [3.05, 3.63) is 60.8 Å². The summed E-state index contributed by atoms with van der Waals surface area (Å²) in [5.74, 6) is -0.243. The van der Waals surface area contributed by atoms with E-state index in [2.05, 4.69) is 67.8 Å². The first-order valence-corrected chi connectivity index (χ1v) is 34.5. The molecule has 2 rings (SSSR count). The van der Waals surface area contributed by atoms with Crippen molar-refractivity contribution in [1.82, 2.24) is 5.32 Å². The zero-order chi connectivity index (χ0) is 60.9. The number of unbranched alkanes of at least 4 members (excludes halogenated alkanes) is 35. The van der Waals surface area contributed by atoms with Gasteiger partial charge in [0.2, 0.25) is 5.91 Å². The van der Waals surface area contributed by atoms with Gasteiger partial charge in [-0.05, 0) is 57.8 Å². The van der Waals surface area contributed by atoms with E-state index in [1.54, 1.807) is 6.08 Å². The van der Waals surface area contributed by atoms with Crippen molar-refractivity contribution in [2.75, 3.05) is 19.8 Å². The summed E-state index contributed by atoms with van der Waals surface area (Å²) in [6, 6.07) is -0.921. The predicted octanol–water partition coefficient (Wildman–Crippen LogP) is 13.7. The monoisotopic (exact) mass is 1190 g/mol. The molecule has 2 saturated heterocycles. The van der Waals surface area contributed by atoms with E-state index < -0.39 is 86.8 Å². The van der Waals surface area contributed by atoms with Crippen LogP contribution in [0.4, 0.5) is 0 Å². The Balaban J connectivity index is 1.70. The van der Waals surface area contributed by atoms with Gasteiger partial charge in [0.15, 0.2) is 12.6 Å². The number of hydrogen-bond donors (Lipinski definition) is 9. The molecule has 0 spiro atoms. The molecule has 0 radical (unpaired) electrons. The van der Waals surface area contributed by atoms with E-state index in [9.17, 15) is 45.6 Å². The number of rotatable bonds is 56. The Labute approximate surface area is 511 Å². The summed E-state index contributed by atoms with van der Waals surface area (Å²) in [7, 11) is 0. The molecule has 0 aromatic rings. The van der Waals surface area contributed by atoms with Gasteiger partial charge in [-0.2, -0.15) is 0 Å². The van der Waals surface area contributed by atoms with E-state index in [1.807, 2.05) is 6.08 Å². The van der Waals surface area contributed by atoms with Crippen molar-refractivity contribution < 1.29 is 64.6 Å². The molecule has 9 N–H and O–H groups in total. The largest absolute Gasteiger partial charge is 0.394 e. The van der Waals surface area contributed by atoms with Gasteiger partial charge in [0, 0.05) is 6.42 Å². The molecule has 0 saturated carbocycles. The minimum Gasteiger partial charge on any atom is -0.394 e. The highest BCUT2D eigenvalue weighted by molar-refractivity contribution is 5.76. The second kappa shape index (κ2) is 54.8. The van der Waals surface area contributed by atoms with Crippen LogP contribution in [-0.2, 0) is 23.7 Å². The summed E-state index contributed by atoms with van der Waals surface area (Å²) < 4.78 is 22.9. The molecule has 14 nitrogen and oxygen atoms in total. The lowest BCUT2D eigenvalue weighted by atomic mass is 9.97. The molecule has 12 atom stereocenters. The SMILES string of the molecule is CC/C=C\C/C=C\C/C=C\C/C=C\CCCCCCCCCCCCC(=O)NC(COC1OC(CO)C(OC2OC(CO)C(O)C(O)C2O)C(O)C1O)C(O)/C=C/CCCCCCCCCCCCCCCCCCCCCCCCCCC. The molecule has 2 aliphatic heterocycles. The van der Waals surface area contributed by atoms with Gasteiger partial charge < -0.3 is 65.1 Å². The number of aliphatic hydroxyl groups excluding tert-OH is 8. The molecule has 14 heteroatoms. The third-order valence-corrected chi connectivity index (χ3v) is 16.7. The molecule has 0 aromatic carbocycles. The van der Waals surface area contributed by atoms with Gasteiger partial charge >= 0.3 is 0 Å². The molecule has 12 unspecified atom stereocenters. The Morgan fingerprint density at radius 3 is 1.26 bits per heavy atom. The zero-order valence-electron chi connectivity index (χ0n) is 53.1. The van der Waals surface area contributed by atoms with Crippen molar-refractivity contribution in [3.8, 4) is 0 Å². The number of ether oxygens (including phenoxy) is 4. The van der Waals surface area contributed by atoms with Crippen LogP contribution in [0.15, 0.2) is 60.8 Å². The summed E-state index contributed by atoms with van der Waals surface area (Å²) in [6.07, 6.45) is 55.5. The van der Waals surface area contributed by atoms with Crippen LogP contribution >= 0.6 is 0 Å². The number of hydrogen-bond acceptors (Lipinski definition) is 13. The minimum absolute atomic E-state index is 0.243. The van der Waals surface area contributed by atoms with Gasteiger partial charge in [0.1, 0.15) is 48.8 Å². The smallest absolute Gasteiger partial charge is 0.220 e. The maximum absolute atomic E-state index is 13.3. The van der Waals surface area contributed by atoms with Crippen LogP contribution in [-0.4, -0.2) is 140 Å².